The van der Waals surface area contributed by atoms with Crippen LogP contribution in [0.4, 0.5) is 0 Å². The van der Waals surface area contributed by atoms with Crippen molar-refractivity contribution >= 4 is 0 Å². The molecule has 11 heavy (non-hydrogen) atoms. The second-order valence-electron chi connectivity index (χ2n) is 2.99. The predicted octanol–water partition coefficient (Wildman–Crippen LogP) is 3.81. The third-order valence-electron chi connectivity index (χ3n) is 1.89. The van der Waals surface area contributed by atoms with Gasteiger partial charge in [0.05, 0.1) is 6.26 Å². The molecule has 0 saturated carbocycles. The summed E-state index contributed by atoms with van der Waals surface area (Å²) in [5, 5.41) is 8.82. The van der Waals surface area contributed by atoms with E-state index in [1.165, 1.54) is 37.5 Å². The van der Waals surface area contributed by atoms with E-state index in [2.05, 4.69) is 13.8 Å². The number of allylic oxidation sites excluding steroid dienone is 1. The summed E-state index contributed by atoms with van der Waals surface area (Å²) >= 11 is 0. The number of hydrogen-bond donors (Lipinski definition) is 1. The van der Waals surface area contributed by atoms with Crippen LogP contribution in [0.15, 0.2) is 11.8 Å². The van der Waals surface area contributed by atoms with Crippen LogP contribution in [0.5, 0.6) is 0 Å². The Hall–Kier alpha value is -0.460. The highest BCUT2D eigenvalue weighted by Gasteiger charge is 1.95. The van der Waals surface area contributed by atoms with Crippen molar-refractivity contribution in [2.45, 2.75) is 52.4 Å². The normalized spacial score (nSPS) is 9.64. The van der Waals surface area contributed by atoms with Crippen molar-refractivity contribution in [1.29, 1.82) is 0 Å². The van der Waals surface area contributed by atoms with Gasteiger partial charge in [-0.15, -0.1) is 0 Å². The molecule has 0 aromatic rings. The summed E-state index contributed by atoms with van der Waals surface area (Å²) in [7, 11) is 0. The summed E-state index contributed by atoms with van der Waals surface area (Å²) in [5.74, 6) is 0. The molecule has 0 heterocycles. The highest BCUT2D eigenvalue weighted by molar-refractivity contribution is 4.96. The van der Waals surface area contributed by atoms with Crippen LogP contribution >= 0.6 is 0 Å². The third-order valence-corrected chi connectivity index (χ3v) is 1.89. The lowest BCUT2D eigenvalue weighted by molar-refractivity contribution is 0.458. The quantitative estimate of drug-likeness (QED) is 0.580. The van der Waals surface area contributed by atoms with Crippen molar-refractivity contribution in [2.75, 3.05) is 0 Å². The monoisotopic (exact) mass is 156 g/mol. The Labute approximate surface area is 70.1 Å². The van der Waals surface area contributed by atoms with Crippen molar-refractivity contribution < 1.29 is 5.11 Å². The molecular formula is C10H20O. The van der Waals surface area contributed by atoms with Crippen LogP contribution in [-0.4, -0.2) is 5.11 Å². The Kier molecular flexibility index (Phi) is 7.33. The van der Waals surface area contributed by atoms with Crippen molar-refractivity contribution in [3.05, 3.63) is 11.8 Å². The first kappa shape index (κ1) is 10.5. The van der Waals surface area contributed by atoms with Gasteiger partial charge in [-0.25, -0.2) is 0 Å². The Morgan fingerprint density at radius 3 is 1.82 bits per heavy atom. The minimum absolute atomic E-state index is 1.08. The van der Waals surface area contributed by atoms with Crippen LogP contribution in [-0.2, 0) is 0 Å². The van der Waals surface area contributed by atoms with Crippen LogP contribution in [0.1, 0.15) is 52.4 Å². The molecule has 0 aliphatic carbocycles. The fourth-order valence-corrected chi connectivity index (χ4v) is 1.06. The van der Waals surface area contributed by atoms with Crippen LogP contribution in [0.2, 0.25) is 0 Å². The van der Waals surface area contributed by atoms with Gasteiger partial charge in [-0.2, -0.15) is 0 Å². The van der Waals surface area contributed by atoms with Gasteiger partial charge in [-0.1, -0.05) is 26.7 Å². The van der Waals surface area contributed by atoms with Crippen molar-refractivity contribution in [3.63, 3.8) is 0 Å². The molecule has 0 bridgehead atoms. The maximum Gasteiger partial charge on any atom is 0.0783 e. The van der Waals surface area contributed by atoms with Gasteiger partial charge in [-0.05, 0) is 31.3 Å². The molecule has 0 fully saturated rings. The van der Waals surface area contributed by atoms with Crippen LogP contribution in [0.3, 0.4) is 0 Å². The highest BCUT2D eigenvalue weighted by atomic mass is 16.2. The second-order valence-corrected chi connectivity index (χ2v) is 2.99. The molecule has 0 saturated heterocycles. The summed E-state index contributed by atoms with van der Waals surface area (Å²) in [6, 6.07) is 0. The molecule has 1 nitrogen and oxygen atoms in total. The first-order valence-corrected chi connectivity index (χ1v) is 4.67. The number of rotatable bonds is 6. The molecule has 1 heteroatoms. The molecule has 0 aromatic carbocycles. The van der Waals surface area contributed by atoms with Crippen molar-refractivity contribution in [1.82, 2.24) is 0 Å². The lowest BCUT2D eigenvalue weighted by atomic mass is 10.0. The zero-order chi connectivity index (χ0) is 8.53. The van der Waals surface area contributed by atoms with Gasteiger partial charge >= 0.3 is 0 Å². The Morgan fingerprint density at radius 1 is 1.09 bits per heavy atom. The van der Waals surface area contributed by atoms with Gasteiger partial charge in [0.2, 0.25) is 0 Å². The summed E-state index contributed by atoms with van der Waals surface area (Å²) in [6.07, 6.45) is 8.28. The SMILES string of the molecule is CCCCC(=CO)CCCC. The molecule has 0 atom stereocenters. The fraction of sp³-hybridized carbons (Fsp3) is 0.800. The fourth-order valence-electron chi connectivity index (χ4n) is 1.06. The zero-order valence-electron chi connectivity index (χ0n) is 7.77. The van der Waals surface area contributed by atoms with E-state index in [4.69, 9.17) is 5.11 Å². The average Bonchev–Trinajstić information content (AvgIpc) is 2.05. The lowest BCUT2D eigenvalue weighted by Crippen LogP contribution is -1.84. The van der Waals surface area contributed by atoms with Gasteiger partial charge in [0.25, 0.3) is 0 Å². The summed E-state index contributed by atoms with van der Waals surface area (Å²) in [4.78, 5) is 0. The smallest absolute Gasteiger partial charge is 0.0783 e. The van der Waals surface area contributed by atoms with E-state index in [1.54, 1.807) is 0 Å². The van der Waals surface area contributed by atoms with E-state index in [1.807, 2.05) is 0 Å². The molecule has 0 spiro atoms. The zero-order valence-corrected chi connectivity index (χ0v) is 7.77. The van der Waals surface area contributed by atoms with E-state index in [-0.39, 0.29) is 0 Å². The first-order valence-electron chi connectivity index (χ1n) is 4.67. The summed E-state index contributed by atoms with van der Waals surface area (Å²) < 4.78 is 0. The molecule has 0 unspecified atom stereocenters. The minimum Gasteiger partial charge on any atom is -0.516 e. The summed E-state index contributed by atoms with van der Waals surface area (Å²) in [5.41, 5.74) is 1.22. The molecule has 0 amide bonds. The van der Waals surface area contributed by atoms with Gasteiger partial charge in [0, 0.05) is 0 Å². The van der Waals surface area contributed by atoms with E-state index < -0.39 is 0 Å². The van der Waals surface area contributed by atoms with Crippen LogP contribution < -0.4 is 0 Å². The lowest BCUT2D eigenvalue weighted by Gasteiger charge is -2.02. The van der Waals surface area contributed by atoms with Gasteiger partial charge in [0.1, 0.15) is 0 Å². The second kappa shape index (κ2) is 7.64. The average molecular weight is 156 g/mol. The Morgan fingerprint density at radius 2 is 1.55 bits per heavy atom. The topological polar surface area (TPSA) is 20.2 Å². The molecule has 0 radical (unpaired) electrons. The van der Waals surface area contributed by atoms with E-state index in [0.29, 0.717) is 0 Å². The van der Waals surface area contributed by atoms with Gasteiger partial charge < -0.3 is 5.11 Å². The largest absolute Gasteiger partial charge is 0.516 e. The number of hydrogen-bond acceptors (Lipinski definition) is 1. The maximum absolute atomic E-state index is 8.82. The molecule has 1 N–H and O–H groups in total. The van der Waals surface area contributed by atoms with Crippen LogP contribution in [0.25, 0.3) is 0 Å². The highest BCUT2D eigenvalue weighted by Crippen LogP contribution is 2.13. The van der Waals surface area contributed by atoms with Crippen molar-refractivity contribution in [3.8, 4) is 0 Å². The molecule has 66 valence electrons. The Balaban J connectivity index is 3.43. The number of unbranched alkanes of at least 4 members (excludes halogenated alkanes) is 2. The predicted molar refractivity (Wildman–Crippen MR) is 49.8 cm³/mol. The molecule has 0 rings (SSSR count). The number of aliphatic hydroxyl groups excluding tert-OH is 1. The first-order chi connectivity index (χ1) is 5.35. The van der Waals surface area contributed by atoms with Gasteiger partial charge in [0.15, 0.2) is 0 Å². The van der Waals surface area contributed by atoms with E-state index >= 15 is 0 Å². The molecule has 0 aromatic heterocycles. The maximum atomic E-state index is 8.82. The van der Waals surface area contributed by atoms with E-state index in [9.17, 15) is 0 Å². The Bertz CT molecular complexity index is 95.4. The molecular weight excluding hydrogens is 136 g/mol. The van der Waals surface area contributed by atoms with Crippen molar-refractivity contribution in [2.24, 2.45) is 0 Å². The third kappa shape index (κ3) is 5.96. The van der Waals surface area contributed by atoms with Crippen LogP contribution in [0, 0.1) is 0 Å². The minimum atomic E-state index is 1.08. The standard InChI is InChI=1S/C10H20O/c1-3-5-7-10(9-11)8-6-4-2/h9,11H,3-8H2,1-2H3. The molecule has 0 aliphatic heterocycles. The van der Waals surface area contributed by atoms with Gasteiger partial charge in [-0.3, -0.25) is 0 Å². The van der Waals surface area contributed by atoms with E-state index in [0.717, 1.165) is 12.8 Å². The molecule has 0 aliphatic rings. The number of aliphatic hydroxyl groups is 1. The summed E-state index contributed by atoms with van der Waals surface area (Å²) in [6.45, 7) is 4.35.